The second kappa shape index (κ2) is 12.8. The van der Waals surface area contributed by atoms with Gasteiger partial charge in [-0.1, -0.05) is 79.8 Å². The van der Waals surface area contributed by atoms with Crippen LogP contribution in [0.2, 0.25) is 5.02 Å². The molecule has 0 bridgehead atoms. The molecule has 198 valence electrons. The first kappa shape index (κ1) is 28.1. The smallest absolute Gasteiger partial charge is 0.318 e. The third kappa shape index (κ3) is 6.05. The Morgan fingerprint density at radius 3 is 2.29 bits per heavy atom. The Morgan fingerprint density at radius 2 is 1.61 bits per heavy atom. The number of carbonyl (C=O) groups excluding carboxylic acids is 2. The number of ketones is 1. The maximum absolute atomic E-state index is 13.7. The number of carbonyl (C=O) groups is 2. The van der Waals surface area contributed by atoms with Crippen molar-refractivity contribution in [2.45, 2.75) is 69.6 Å². The maximum atomic E-state index is 13.7. The van der Waals surface area contributed by atoms with Gasteiger partial charge in [-0.05, 0) is 84.0 Å². The molecule has 0 radical (unpaired) electrons. The highest BCUT2D eigenvalue weighted by molar-refractivity contribution is 7.99. The molecule has 0 atom stereocenters. The number of halogens is 1. The normalized spacial score (nSPS) is 13.6. The molecule has 0 saturated carbocycles. The Kier molecular flexibility index (Phi) is 9.45. The Balaban J connectivity index is 1.60. The third-order valence-electron chi connectivity index (χ3n) is 7.07. The number of thioether (sulfide) groups is 1. The Morgan fingerprint density at radius 1 is 0.921 bits per heavy atom. The van der Waals surface area contributed by atoms with E-state index in [2.05, 4.69) is 55.4 Å². The van der Waals surface area contributed by atoms with E-state index in [1.807, 2.05) is 30.3 Å². The molecule has 0 amide bonds. The van der Waals surface area contributed by atoms with Crippen molar-refractivity contribution >= 4 is 40.8 Å². The predicted molar refractivity (Wildman–Crippen MR) is 157 cm³/mol. The molecular formula is C32H34ClNO3S. The molecular weight excluding hydrogens is 514 g/mol. The molecule has 3 aromatic carbocycles. The fourth-order valence-electron chi connectivity index (χ4n) is 5.56. The van der Waals surface area contributed by atoms with E-state index in [0.717, 1.165) is 36.3 Å². The van der Waals surface area contributed by atoms with Gasteiger partial charge in [0, 0.05) is 27.8 Å². The van der Waals surface area contributed by atoms with Crippen LogP contribution in [0.4, 0.5) is 0 Å². The van der Waals surface area contributed by atoms with Crippen molar-refractivity contribution in [3.63, 3.8) is 0 Å². The summed E-state index contributed by atoms with van der Waals surface area (Å²) < 4.78 is 0. The summed E-state index contributed by atoms with van der Waals surface area (Å²) in [5.41, 5.74) is 5.80. The average Bonchev–Trinajstić information content (AvgIpc) is 3.18. The van der Waals surface area contributed by atoms with Gasteiger partial charge in [-0.3, -0.25) is 4.79 Å². The first-order valence-corrected chi connectivity index (χ1v) is 14.7. The van der Waals surface area contributed by atoms with Crippen molar-refractivity contribution in [2.24, 2.45) is 5.16 Å². The molecule has 1 aliphatic rings. The largest absolute Gasteiger partial charge is 0.331 e. The van der Waals surface area contributed by atoms with Gasteiger partial charge in [-0.15, -0.1) is 11.8 Å². The Bertz CT molecular complexity index is 1330. The van der Waals surface area contributed by atoms with Crippen molar-refractivity contribution in [3.05, 3.63) is 88.4 Å². The highest BCUT2D eigenvalue weighted by atomic mass is 35.5. The number of hydrogen-bond acceptors (Lipinski definition) is 5. The minimum absolute atomic E-state index is 0.103. The molecule has 4 rings (SSSR count). The van der Waals surface area contributed by atoms with E-state index in [9.17, 15) is 9.59 Å². The summed E-state index contributed by atoms with van der Waals surface area (Å²) in [6, 6.07) is 22.4. The van der Waals surface area contributed by atoms with Crippen molar-refractivity contribution in [3.8, 4) is 11.1 Å². The van der Waals surface area contributed by atoms with Crippen LogP contribution >= 0.6 is 23.4 Å². The van der Waals surface area contributed by atoms with Gasteiger partial charge < -0.3 is 4.84 Å². The summed E-state index contributed by atoms with van der Waals surface area (Å²) in [5.74, 6) is 0.0624. The van der Waals surface area contributed by atoms with Gasteiger partial charge in [0.25, 0.3) is 0 Å². The van der Waals surface area contributed by atoms with Gasteiger partial charge >= 0.3 is 5.97 Å². The standard InChI is InChI=1S/C32H34ClNO3S/c1-4-18-32(19-5-2)28-10-7-6-9-26(28)27-17-12-23(21-29(27)32)31(36)30(34-37-22(3)35)11-8-20-38-25-15-13-24(33)14-16-25/h6-7,9-10,12-17,21H,4-5,8,11,18-20H2,1-3H3/b34-30+. The van der Waals surface area contributed by atoms with Crippen molar-refractivity contribution < 1.29 is 14.4 Å². The molecule has 1 aliphatic carbocycles. The molecule has 0 unspecified atom stereocenters. The van der Waals surface area contributed by atoms with Gasteiger partial charge in [-0.25, -0.2) is 4.79 Å². The molecule has 0 N–H and O–H groups in total. The third-order valence-corrected chi connectivity index (χ3v) is 8.42. The van der Waals surface area contributed by atoms with E-state index >= 15 is 0 Å². The van der Waals surface area contributed by atoms with Crippen LogP contribution in [0.1, 0.15) is 80.8 Å². The zero-order valence-corrected chi connectivity index (χ0v) is 23.8. The first-order valence-electron chi connectivity index (χ1n) is 13.3. The van der Waals surface area contributed by atoms with Gasteiger partial charge in [0.05, 0.1) is 0 Å². The van der Waals surface area contributed by atoms with E-state index in [-0.39, 0.29) is 16.9 Å². The number of oxime groups is 1. The van der Waals surface area contributed by atoms with Gasteiger partial charge in [0.15, 0.2) is 0 Å². The monoisotopic (exact) mass is 547 g/mol. The van der Waals surface area contributed by atoms with Crippen LogP contribution in [-0.2, 0) is 15.0 Å². The number of hydrogen-bond donors (Lipinski definition) is 0. The number of Topliss-reactive ketones (excluding diaryl/α,β-unsaturated/α-hetero) is 1. The SMILES string of the molecule is CCCC1(CCC)c2ccccc2-c2ccc(C(=O)/C(CCCSc3ccc(Cl)cc3)=N/OC(C)=O)cc21. The van der Waals surface area contributed by atoms with Crippen molar-refractivity contribution in [1.29, 1.82) is 0 Å². The number of fused-ring (bicyclic) bond motifs is 3. The molecule has 0 heterocycles. The van der Waals surface area contributed by atoms with Crippen LogP contribution in [-0.4, -0.2) is 23.2 Å². The Hall–Kier alpha value is -2.89. The zero-order chi connectivity index (χ0) is 27.1. The molecule has 0 spiro atoms. The fraction of sp³-hybridized carbons (Fsp3) is 0.344. The van der Waals surface area contributed by atoms with Gasteiger partial charge in [0.1, 0.15) is 5.71 Å². The summed E-state index contributed by atoms with van der Waals surface area (Å²) in [5, 5.41) is 4.69. The molecule has 4 nitrogen and oxygen atoms in total. The minimum atomic E-state index is -0.542. The second-order valence-electron chi connectivity index (χ2n) is 9.74. The highest BCUT2D eigenvalue weighted by Crippen LogP contribution is 2.53. The molecule has 3 aromatic rings. The van der Waals surface area contributed by atoms with Gasteiger partial charge in [0.2, 0.25) is 5.78 Å². The van der Waals surface area contributed by atoms with E-state index in [4.69, 9.17) is 16.4 Å². The maximum Gasteiger partial charge on any atom is 0.331 e. The molecule has 0 saturated heterocycles. The molecule has 0 fully saturated rings. The lowest BCUT2D eigenvalue weighted by molar-refractivity contribution is -0.140. The van der Waals surface area contributed by atoms with Crippen LogP contribution < -0.4 is 0 Å². The average molecular weight is 548 g/mol. The fourth-order valence-corrected chi connectivity index (χ4v) is 6.54. The van der Waals surface area contributed by atoms with Crippen LogP contribution in [0.3, 0.4) is 0 Å². The molecule has 0 aromatic heterocycles. The molecule has 6 heteroatoms. The Labute approximate surface area is 234 Å². The summed E-state index contributed by atoms with van der Waals surface area (Å²) in [4.78, 5) is 31.3. The zero-order valence-electron chi connectivity index (χ0n) is 22.3. The minimum Gasteiger partial charge on any atom is -0.318 e. The highest BCUT2D eigenvalue weighted by Gasteiger charge is 2.42. The predicted octanol–water partition coefficient (Wildman–Crippen LogP) is 8.88. The summed E-state index contributed by atoms with van der Waals surface area (Å²) >= 11 is 7.67. The lowest BCUT2D eigenvalue weighted by Crippen LogP contribution is -2.25. The number of nitrogens with zero attached hydrogens (tertiary/aromatic N) is 1. The van der Waals surface area contributed by atoms with Crippen molar-refractivity contribution in [2.75, 3.05) is 5.75 Å². The quantitative estimate of drug-likeness (QED) is 0.0567. The van der Waals surface area contributed by atoms with E-state index in [1.165, 1.54) is 29.2 Å². The second-order valence-corrected chi connectivity index (χ2v) is 11.3. The number of rotatable bonds is 12. The van der Waals surface area contributed by atoms with Crippen LogP contribution in [0.25, 0.3) is 11.1 Å². The van der Waals surface area contributed by atoms with E-state index in [1.54, 1.807) is 11.8 Å². The lowest BCUT2D eigenvalue weighted by Gasteiger charge is -2.32. The van der Waals surface area contributed by atoms with Crippen molar-refractivity contribution in [1.82, 2.24) is 0 Å². The first-order chi connectivity index (χ1) is 18.4. The van der Waals surface area contributed by atoms with Crippen LogP contribution in [0.15, 0.2) is 76.8 Å². The molecule has 0 aliphatic heterocycles. The topological polar surface area (TPSA) is 55.7 Å². The summed E-state index contributed by atoms with van der Waals surface area (Å²) in [7, 11) is 0. The van der Waals surface area contributed by atoms with Gasteiger partial charge in [-0.2, -0.15) is 0 Å². The lowest BCUT2D eigenvalue weighted by atomic mass is 9.71. The van der Waals surface area contributed by atoms with Crippen LogP contribution in [0.5, 0.6) is 0 Å². The summed E-state index contributed by atoms with van der Waals surface area (Å²) in [6.07, 6.45) is 5.29. The molecule has 38 heavy (non-hydrogen) atoms. The number of benzene rings is 3. The summed E-state index contributed by atoms with van der Waals surface area (Å²) in [6.45, 7) is 5.73. The van der Waals surface area contributed by atoms with E-state index in [0.29, 0.717) is 23.4 Å². The van der Waals surface area contributed by atoms with E-state index < -0.39 is 5.97 Å². The van der Waals surface area contributed by atoms with Crippen LogP contribution in [0, 0.1) is 0 Å².